The second kappa shape index (κ2) is 13.2. The van der Waals surface area contributed by atoms with Gasteiger partial charge in [-0.2, -0.15) is 5.06 Å². The van der Waals surface area contributed by atoms with Crippen LogP contribution in [0.4, 0.5) is 10.1 Å². The fraction of sp³-hybridized carbons (Fsp3) is 0.333. The maximum atomic E-state index is 15.3. The number of para-hydroxylation sites is 1. The summed E-state index contributed by atoms with van der Waals surface area (Å²) in [5, 5.41) is 5.76. The van der Waals surface area contributed by atoms with Gasteiger partial charge in [-0.25, -0.2) is 9.37 Å². The molecule has 2 aromatic carbocycles. The number of aromatic nitrogens is 1. The molecule has 0 bridgehead atoms. The predicted octanol–water partition coefficient (Wildman–Crippen LogP) is 5.42. The first-order valence-corrected chi connectivity index (χ1v) is 14.7. The number of aryl methyl sites for hydroxylation is 1. The number of carbonyl (C=O) groups is 3. The molecular formula is C30H30ClFN4O6S. The highest BCUT2D eigenvalue weighted by atomic mass is 35.5. The minimum atomic E-state index is -0.675. The zero-order valence-electron chi connectivity index (χ0n) is 23.8. The van der Waals surface area contributed by atoms with Crippen molar-refractivity contribution in [3.8, 4) is 0 Å². The van der Waals surface area contributed by atoms with E-state index in [1.165, 1.54) is 30.8 Å². The van der Waals surface area contributed by atoms with E-state index in [1.807, 2.05) is 0 Å². The molecule has 10 nitrogen and oxygen atoms in total. The smallest absolute Gasteiger partial charge is 0.305 e. The van der Waals surface area contributed by atoms with E-state index < -0.39 is 11.7 Å². The fourth-order valence-corrected chi connectivity index (χ4v) is 6.36. The van der Waals surface area contributed by atoms with Gasteiger partial charge in [0.15, 0.2) is 0 Å². The number of hydrogen-bond acceptors (Lipinski definition) is 9. The largest absolute Gasteiger partial charge is 0.469 e. The summed E-state index contributed by atoms with van der Waals surface area (Å²) < 4.78 is 25.5. The molecule has 2 atom stereocenters. The molecule has 5 rings (SSSR count). The first-order valence-electron chi connectivity index (χ1n) is 13.5. The topological polar surface area (TPSA) is 114 Å². The Morgan fingerprint density at radius 3 is 2.81 bits per heavy atom. The molecule has 2 amide bonds. The number of amides is 2. The maximum absolute atomic E-state index is 15.3. The fourth-order valence-electron chi connectivity index (χ4n) is 5.08. The lowest BCUT2D eigenvalue weighted by Crippen LogP contribution is -2.37. The van der Waals surface area contributed by atoms with Crippen LogP contribution in [-0.2, 0) is 32.0 Å². The summed E-state index contributed by atoms with van der Waals surface area (Å²) >= 11 is 7.88. The van der Waals surface area contributed by atoms with E-state index in [9.17, 15) is 14.4 Å². The van der Waals surface area contributed by atoms with Crippen molar-refractivity contribution in [2.24, 2.45) is 0 Å². The van der Waals surface area contributed by atoms with Gasteiger partial charge in [0.2, 0.25) is 5.91 Å². The number of nitrogens with one attached hydrogen (secondary N) is 1. The van der Waals surface area contributed by atoms with Gasteiger partial charge in [0.05, 0.1) is 55.4 Å². The maximum Gasteiger partial charge on any atom is 0.305 e. The van der Waals surface area contributed by atoms with Crippen LogP contribution < -0.4 is 5.32 Å². The molecule has 43 heavy (non-hydrogen) atoms. The third-order valence-corrected chi connectivity index (χ3v) is 8.98. The Balaban J connectivity index is 1.32. The average molecular weight is 629 g/mol. The Morgan fingerprint density at radius 1 is 1.26 bits per heavy atom. The number of nitrogens with zero attached hydrogens (tertiary/aromatic N) is 3. The number of carbonyl (C=O) groups excluding carboxylic acids is 3. The van der Waals surface area contributed by atoms with Crippen molar-refractivity contribution in [3.05, 3.63) is 80.7 Å². The molecule has 3 heterocycles. The second-order valence-electron chi connectivity index (χ2n) is 10.1. The van der Waals surface area contributed by atoms with Gasteiger partial charge in [0.1, 0.15) is 22.7 Å². The average Bonchev–Trinajstić information content (AvgIpc) is 3.76. The number of methoxy groups -OCH3 is 1. The number of likely N-dealkylation sites (tertiary alicyclic amines) is 1. The third kappa shape index (κ3) is 6.72. The molecule has 4 aromatic rings. The SMILES string of the molecule is COC(=O)CCc1cnc([C@@H]2C[C@H](N(C)OC)CN2C(=O)Cc2cc(Cl)c(NC(=O)c3coc4ccccc34)cc2F)s1. The van der Waals surface area contributed by atoms with Gasteiger partial charge in [-0.05, 0) is 36.6 Å². The van der Waals surface area contributed by atoms with Crippen molar-refractivity contribution in [2.75, 3.05) is 33.1 Å². The lowest BCUT2D eigenvalue weighted by atomic mass is 10.1. The molecule has 0 aliphatic carbocycles. The van der Waals surface area contributed by atoms with Crippen molar-refractivity contribution in [2.45, 2.75) is 37.8 Å². The number of esters is 1. The van der Waals surface area contributed by atoms with Crippen LogP contribution in [0.15, 0.2) is 53.3 Å². The number of benzene rings is 2. The number of hydroxylamine groups is 2. The van der Waals surface area contributed by atoms with E-state index in [0.29, 0.717) is 30.4 Å². The molecule has 13 heteroatoms. The summed E-state index contributed by atoms with van der Waals surface area (Å²) in [7, 11) is 4.69. The Hall–Kier alpha value is -3.84. The van der Waals surface area contributed by atoms with Gasteiger partial charge < -0.3 is 24.2 Å². The Bertz CT molecular complexity index is 1660. The number of anilines is 1. The van der Waals surface area contributed by atoms with E-state index in [0.717, 1.165) is 16.0 Å². The Labute approximate surface area is 256 Å². The number of ether oxygens (including phenoxy) is 1. The molecule has 1 N–H and O–H groups in total. The number of rotatable bonds is 10. The summed E-state index contributed by atoms with van der Waals surface area (Å²) in [6.07, 6.45) is 4.08. The van der Waals surface area contributed by atoms with Crippen molar-refractivity contribution < 1.29 is 32.8 Å². The molecule has 0 spiro atoms. The quantitative estimate of drug-likeness (QED) is 0.183. The van der Waals surface area contributed by atoms with Gasteiger partial charge in [-0.15, -0.1) is 11.3 Å². The van der Waals surface area contributed by atoms with Gasteiger partial charge in [-0.3, -0.25) is 14.4 Å². The molecule has 0 unspecified atom stereocenters. The first kappa shape index (κ1) is 30.6. The van der Waals surface area contributed by atoms with Crippen molar-refractivity contribution in [1.29, 1.82) is 0 Å². The minimum absolute atomic E-state index is 0.0775. The van der Waals surface area contributed by atoms with E-state index >= 15 is 4.39 Å². The van der Waals surface area contributed by atoms with E-state index in [-0.39, 0.29) is 58.6 Å². The zero-order valence-corrected chi connectivity index (χ0v) is 25.3. The highest BCUT2D eigenvalue weighted by Crippen LogP contribution is 2.37. The third-order valence-electron chi connectivity index (χ3n) is 7.51. The van der Waals surface area contributed by atoms with Gasteiger partial charge in [0.25, 0.3) is 5.91 Å². The van der Waals surface area contributed by atoms with Crippen LogP contribution in [0.3, 0.4) is 0 Å². The summed E-state index contributed by atoms with van der Waals surface area (Å²) in [6, 6.07) is 9.08. The number of thiazole rings is 1. The lowest BCUT2D eigenvalue weighted by Gasteiger charge is -2.24. The molecule has 1 aliphatic heterocycles. The van der Waals surface area contributed by atoms with Crippen molar-refractivity contribution in [3.63, 3.8) is 0 Å². The molecule has 1 aliphatic rings. The highest BCUT2D eigenvalue weighted by molar-refractivity contribution is 7.11. The monoisotopic (exact) mass is 628 g/mol. The van der Waals surface area contributed by atoms with Crippen LogP contribution in [0.1, 0.15) is 44.7 Å². The van der Waals surface area contributed by atoms with Gasteiger partial charge in [-0.1, -0.05) is 29.8 Å². The summed E-state index contributed by atoms with van der Waals surface area (Å²) in [5.41, 5.74) is 1.02. The van der Waals surface area contributed by atoms with Gasteiger partial charge >= 0.3 is 5.97 Å². The van der Waals surface area contributed by atoms with Crippen LogP contribution in [0, 0.1) is 5.82 Å². The molecule has 226 valence electrons. The van der Waals surface area contributed by atoms with Crippen molar-refractivity contribution in [1.82, 2.24) is 14.9 Å². The lowest BCUT2D eigenvalue weighted by molar-refractivity contribution is -0.141. The molecule has 1 fully saturated rings. The second-order valence-corrected chi connectivity index (χ2v) is 11.7. The number of fused-ring (bicyclic) bond motifs is 1. The highest BCUT2D eigenvalue weighted by Gasteiger charge is 2.40. The number of hydrogen-bond donors (Lipinski definition) is 1. The van der Waals surface area contributed by atoms with Crippen LogP contribution in [0.25, 0.3) is 11.0 Å². The van der Waals surface area contributed by atoms with Crippen LogP contribution in [-0.4, -0.2) is 66.6 Å². The van der Waals surface area contributed by atoms with Crippen LogP contribution >= 0.6 is 22.9 Å². The number of furan rings is 1. The Morgan fingerprint density at radius 2 is 2.05 bits per heavy atom. The molecular weight excluding hydrogens is 599 g/mol. The normalized spacial score (nSPS) is 16.7. The minimum Gasteiger partial charge on any atom is -0.469 e. The van der Waals surface area contributed by atoms with E-state index in [1.54, 1.807) is 54.6 Å². The zero-order chi connectivity index (χ0) is 30.7. The van der Waals surface area contributed by atoms with Gasteiger partial charge in [0, 0.05) is 30.1 Å². The first-order chi connectivity index (χ1) is 20.7. The predicted molar refractivity (Wildman–Crippen MR) is 159 cm³/mol. The summed E-state index contributed by atoms with van der Waals surface area (Å²) in [6.45, 7) is 0.354. The van der Waals surface area contributed by atoms with Crippen LogP contribution in [0.2, 0.25) is 5.02 Å². The molecule has 2 aromatic heterocycles. The van der Waals surface area contributed by atoms with Crippen LogP contribution in [0.5, 0.6) is 0 Å². The molecule has 0 saturated carbocycles. The number of likely N-dealkylation sites (N-methyl/N-ethyl adjacent to an activating group) is 1. The summed E-state index contributed by atoms with van der Waals surface area (Å²) in [4.78, 5) is 50.6. The van der Waals surface area contributed by atoms with E-state index in [4.69, 9.17) is 25.6 Å². The molecule has 0 radical (unpaired) electrons. The standard InChI is InChI=1S/C30H30ClFN4O6S/c1-35(41-3)18-12-25(30-33-14-19(43-30)8-9-28(38)40-2)36(15-18)27(37)11-17-10-22(31)24(13-23(17)32)34-29(39)21-16-42-26-7-5-4-6-20(21)26/h4-7,10,13-14,16,18,25H,8-9,11-12,15H2,1-3H3,(H,34,39)/t18-,25-/m0/s1. The van der Waals surface area contributed by atoms with Crippen molar-refractivity contribution >= 4 is 57.4 Å². The number of halogens is 2. The summed E-state index contributed by atoms with van der Waals surface area (Å²) in [5.74, 6) is -1.79. The van der Waals surface area contributed by atoms with E-state index in [2.05, 4.69) is 10.3 Å². The Kier molecular flexibility index (Phi) is 9.40. The molecule has 1 saturated heterocycles.